The van der Waals surface area contributed by atoms with Gasteiger partial charge in [0, 0.05) is 30.5 Å². The quantitative estimate of drug-likeness (QED) is 0.845. The maximum atomic E-state index is 5.87. The molecule has 2 N–H and O–H groups in total. The molecule has 0 saturated carbocycles. The van der Waals surface area contributed by atoms with Crippen LogP contribution in [0.5, 0.6) is 0 Å². The maximum absolute atomic E-state index is 5.87. The van der Waals surface area contributed by atoms with Crippen molar-refractivity contribution in [2.24, 2.45) is 5.73 Å². The maximum Gasteiger partial charge on any atom is 0.0355 e. The van der Waals surface area contributed by atoms with Gasteiger partial charge < -0.3 is 5.73 Å². The lowest BCUT2D eigenvalue weighted by molar-refractivity contribution is 0.112. The van der Waals surface area contributed by atoms with E-state index in [0.29, 0.717) is 12.6 Å². The highest BCUT2D eigenvalue weighted by Gasteiger charge is 2.35. The fourth-order valence-electron chi connectivity index (χ4n) is 2.54. The summed E-state index contributed by atoms with van der Waals surface area (Å²) in [5.74, 6) is 0. The zero-order valence-corrected chi connectivity index (χ0v) is 10.2. The number of pyridine rings is 1. The van der Waals surface area contributed by atoms with Gasteiger partial charge in [0.05, 0.1) is 0 Å². The number of hydrogen-bond acceptors (Lipinski definition) is 3. The predicted octanol–water partition coefficient (Wildman–Crippen LogP) is 1.96. The van der Waals surface area contributed by atoms with Crippen LogP contribution in [-0.2, 0) is 0 Å². The van der Waals surface area contributed by atoms with E-state index in [2.05, 4.69) is 35.9 Å². The lowest BCUT2D eigenvalue weighted by atomic mass is 9.98. The van der Waals surface area contributed by atoms with Gasteiger partial charge in [-0.1, -0.05) is 0 Å². The summed E-state index contributed by atoms with van der Waals surface area (Å²) in [7, 11) is 0. The van der Waals surface area contributed by atoms with Crippen LogP contribution in [0.2, 0.25) is 0 Å². The van der Waals surface area contributed by atoms with Gasteiger partial charge in [0.15, 0.2) is 0 Å². The Hall–Kier alpha value is -0.930. The van der Waals surface area contributed by atoms with E-state index in [0.717, 1.165) is 6.54 Å². The lowest BCUT2D eigenvalue weighted by Crippen LogP contribution is -2.48. The van der Waals surface area contributed by atoms with Gasteiger partial charge in [-0.25, -0.2) is 0 Å². The van der Waals surface area contributed by atoms with Crippen molar-refractivity contribution in [1.29, 1.82) is 0 Å². The highest BCUT2D eigenvalue weighted by molar-refractivity contribution is 5.17. The van der Waals surface area contributed by atoms with Gasteiger partial charge in [0.25, 0.3) is 0 Å². The van der Waals surface area contributed by atoms with E-state index in [4.69, 9.17) is 5.73 Å². The second-order valence-corrected chi connectivity index (χ2v) is 5.15. The van der Waals surface area contributed by atoms with Crippen molar-refractivity contribution < 1.29 is 0 Å². The molecule has 1 unspecified atom stereocenters. The van der Waals surface area contributed by atoms with Gasteiger partial charge in [-0.3, -0.25) is 9.88 Å². The van der Waals surface area contributed by atoms with Gasteiger partial charge in [0.1, 0.15) is 0 Å². The molecule has 0 aromatic carbocycles. The number of aromatic nitrogens is 1. The first-order valence-electron chi connectivity index (χ1n) is 6.02. The molecular weight excluding hydrogens is 198 g/mol. The molecule has 0 radical (unpaired) electrons. The van der Waals surface area contributed by atoms with Gasteiger partial charge in [-0.05, 0) is 50.9 Å². The van der Waals surface area contributed by atoms with Crippen molar-refractivity contribution in [3.05, 3.63) is 30.1 Å². The van der Waals surface area contributed by atoms with Crippen molar-refractivity contribution in [2.45, 2.75) is 38.3 Å². The van der Waals surface area contributed by atoms with E-state index in [1.165, 1.54) is 18.4 Å². The molecule has 88 valence electrons. The van der Waals surface area contributed by atoms with Crippen LogP contribution < -0.4 is 5.73 Å². The smallest absolute Gasteiger partial charge is 0.0355 e. The second kappa shape index (κ2) is 4.52. The molecule has 1 aromatic rings. The molecule has 16 heavy (non-hydrogen) atoms. The Kier molecular flexibility index (Phi) is 3.26. The minimum Gasteiger partial charge on any atom is -0.329 e. The fraction of sp³-hybridized carbons (Fsp3) is 0.615. The molecule has 0 amide bonds. The number of nitrogens with zero attached hydrogens (tertiary/aromatic N) is 2. The molecule has 1 fully saturated rings. The minimum absolute atomic E-state index is 0.0877. The molecule has 0 aliphatic carbocycles. The van der Waals surface area contributed by atoms with E-state index in [1.54, 1.807) is 0 Å². The Balaban J connectivity index is 2.22. The summed E-state index contributed by atoms with van der Waals surface area (Å²) < 4.78 is 0. The first kappa shape index (κ1) is 11.6. The third-order valence-corrected chi connectivity index (χ3v) is 3.62. The van der Waals surface area contributed by atoms with Crippen molar-refractivity contribution in [3.8, 4) is 0 Å². The number of nitrogens with two attached hydrogens (primary N) is 1. The fourth-order valence-corrected chi connectivity index (χ4v) is 2.54. The average Bonchev–Trinajstić information content (AvgIpc) is 2.80. The molecule has 1 aliphatic heterocycles. The first-order valence-corrected chi connectivity index (χ1v) is 6.02. The topological polar surface area (TPSA) is 42.1 Å². The molecule has 1 aliphatic rings. The van der Waals surface area contributed by atoms with Gasteiger partial charge in [0.2, 0.25) is 0 Å². The van der Waals surface area contributed by atoms with Crippen molar-refractivity contribution >= 4 is 0 Å². The zero-order valence-electron chi connectivity index (χ0n) is 10.2. The molecule has 1 saturated heterocycles. The predicted molar refractivity (Wildman–Crippen MR) is 66.1 cm³/mol. The molecule has 2 rings (SSSR count). The molecule has 3 heteroatoms. The number of likely N-dealkylation sites (tertiary alicyclic amines) is 1. The Morgan fingerprint density at radius 2 is 2.12 bits per heavy atom. The van der Waals surface area contributed by atoms with E-state index in [1.807, 2.05) is 12.4 Å². The third-order valence-electron chi connectivity index (χ3n) is 3.62. The lowest BCUT2D eigenvalue weighted by Gasteiger charge is -2.39. The van der Waals surface area contributed by atoms with Crippen LogP contribution in [0.25, 0.3) is 0 Å². The first-order chi connectivity index (χ1) is 7.65. The van der Waals surface area contributed by atoms with Crippen LogP contribution in [0.3, 0.4) is 0 Å². The molecule has 1 atom stereocenters. The SMILES string of the molecule is CC(C)(CN)N1CCCC1c1ccncc1. The summed E-state index contributed by atoms with van der Waals surface area (Å²) in [6.07, 6.45) is 6.24. The average molecular weight is 219 g/mol. The summed E-state index contributed by atoms with van der Waals surface area (Å²) in [5.41, 5.74) is 7.33. The van der Waals surface area contributed by atoms with Gasteiger partial charge in [-0.2, -0.15) is 0 Å². The van der Waals surface area contributed by atoms with Crippen molar-refractivity contribution in [3.63, 3.8) is 0 Å². The van der Waals surface area contributed by atoms with Crippen LogP contribution in [0.15, 0.2) is 24.5 Å². The van der Waals surface area contributed by atoms with Gasteiger partial charge in [-0.15, -0.1) is 0 Å². The molecule has 3 nitrogen and oxygen atoms in total. The van der Waals surface area contributed by atoms with E-state index in [-0.39, 0.29) is 5.54 Å². The summed E-state index contributed by atoms with van der Waals surface area (Å²) in [5, 5.41) is 0. The Labute approximate surface area is 97.7 Å². The monoisotopic (exact) mass is 219 g/mol. The summed E-state index contributed by atoms with van der Waals surface area (Å²) >= 11 is 0. The van der Waals surface area contributed by atoms with Crippen LogP contribution in [-0.4, -0.2) is 28.5 Å². The molecule has 0 spiro atoms. The Morgan fingerprint density at radius 3 is 2.75 bits per heavy atom. The molecule has 0 bridgehead atoms. The molecule has 1 aromatic heterocycles. The van der Waals surface area contributed by atoms with Crippen LogP contribution in [0.4, 0.5) is 0 Å². The summed E-state index contributed by atoms with van der Waals surface area (Å²) in [6, 6.07) is 4.76. The summed E-state index contributed by atoms with van der Waals surface area (Å²) in [4.78, 5) is 6.61. The number of rotatable bonds is 3. The minimum atomic E-state index is 0.0877. The third kappa shape index (κ3) is 2.11. The van der Waals surface area contributed by atoms with Crippen molar-refractivity contribution in [1.82, 2.24) is 9.88 Å². The van der Waals surface area contributed by atoms with Gasteiger partial charge >= 0.3 is 0 Å². The second-order valence-electron chi connectivity index (χ2n) is 5.15. The highest BCUT2D eigenvalue weighted by atomic mass is 15.2. The normalized spacial score (nSPS) is 22.6. The van der Waals surface area contributed by atoms with Crippen LogP contribution in [0.1, 0.15) is 38.3 Å². The van der Waals surface area contributed by atoms with E-state index < -0.39 is 0 Å². The largest absolute Gasteiger partial charge is 0.329 e. The molecular formula is C13H21N3. The van der Waals surface area contributed by atoms with Crippen LogP contribution >= 0.6 is 0 Å². The standard InChI is InChI=1S/C13H21N3/c1-13(2,10-14)16-9-3-4-12(16)11-5-7-15-8-6-11/h5-8,12H,3-4,9-10,14H2,1-2H3. The Bertz CT molecular complexity index is 334. The van der Waals surface area contributed by atoms with Crippen LogP contribution in [0, 0.1) is 0 Å². The number of hydrogen-bond donors (Lipinski definition) is 1. The van der Waals surface area contributed by atoms with Crippen molar-refractivity contribution in [2.75, 3.05) is 13.1 Å². The Morgan fingerprint density at radius 1 is 1.44 bits per heavy atom. The van der Waals surface area contributed by atoms with E-state index in [9.17, 15) is 0 Å². The zero-order chi connectivity index (χ0) is 11.6. The van der Waals surface area contributed by atoms with E-state index >= 15 is 0 Å². The summed E-state index contributed by atoms with van der Waals surface area (Å²) in [6.45, 7) is 6.31. The highest BCUT2D eigenvalue weighted by Crippen LogP contribution is 2.36. The molecule has 2 heterocycles.